The van der Waals surface area contributed by atoms with Crippen LogP contribution in [0.1, 0.15) is 17.5 Å². The summed E-state index contributed by atoms with van der Waals surface area (Å²) >= 11 is 0. The van der Waals surface area contributed by atoms with Crippen LogP contribution in [0.15, 0.2) is 42.5 Å². The van der Waals surface area contributed by atoms with Gasteiger partial charge >= 0.3 is 0 Å². The number of morpholine rings is 1. The van der Waals surface area contributed by atoms with Crippen LogP contribution >= 0.6 is 0 Å². The standard InChI is InChI=1S/C27H34N4O5/c1-19-3-8-24(20(2)15-19)29-25(32)18-36-23-6-4-22(5-7-23)31-17-21(16-26(31)33)27(34)28-9-10-30-11-13-35-14-12-30/h3-8,15,21H,9-14,16-18H2,1-2H3,(H,28,34)(H,29,32)/t21-/m0/s1. The Bertz CT molecular complexity index is 1080. The van der Waals surface area contributed by atoms with Gasteiger partial charge in [-0.25, -0.2) is 0 Å². The summed E-state index contributed by atoms with van der Waals surface area (Å²) in [5.74, 6) is -0.257. The first-order valence-electron chi connectivity index (χ1n) is 12.4. The molecule has 0 radical (unpaired) electrons. The molecule has 0 unspecified atom stereocenters. The molecule has 9 heteroatoms. The lowest BCUT2D eigenvalue weighted by Crippen LogP contribution is -2.42. The highest BCUT2D eigenvalue weighted by Crippen LogP contribution is 2.27. The van der Waals surface area contributed by atoms with Crippen molar-refractivity contribution in [2.24, 2.45) is 5.92 Å². The first-order chi connectivity index (χ1) is 17.4. The fraction of sp³-hybridized carbons (Fsp3) is 0.444. The Morgan fingerprint density at radius 1 is 1.08 bits per heavy atom. The maximum atomic E-state index is 12.6. The van der Waals surface area contributed by atoms with Crippen molar-refractivity contribution < 1.29 is 23.9 Å². The van der Waals surface area contributed by atoms with Gasteiger partial charge in [-0.1, -0.05) is 17.7 Å². The number of anilines is 2. The van der Waals surface area contributed by atoms with E-state index >= 15 is 0 Å². The van der Waals surface area contributed by atoms with E-state index < -0.39 is 0 Å². The van der Waals surface area contributed by atoms with Crippen LogP contribution in [0.5, 0.6) is 5.75 Å². The number of benzene rings is 2. The Morgan fingerprint density at radius 2 is 1.83 bits per heavy atom. The van der Waals surface area contributed by atoms with E-state index in [1.165, 1.54) is 0 Å². The molecule has 0 aromatic heterocycles. The lowest BCUT2D eigenvalue weighted by Gasteiger charge is -2.26. The summed E-state index contributed by atoms with van der Waals surface area (Å²) in [5.41, 5.74) is 3.59. The van der Waals surface area contributed by atoms with E-state index in [1.54, 1.807) is 29.2 Å². The second-order valence-electron chi connectivity index (χ2n) is 9.30. The lowest BCUT2D eigenvalue weighted by molar-refractivity contribution is -0.126. The molecule has 36 heavy (non-hydrogen) atoms. The van der Waals surface area contributed by atoms with E-state index in [1.807, 2.05) is 32.0 Å². The fourth-order valence-electron chi connectivity index (χ4n) is 4.45. The number of nitrogens with one attached hydrogen (secondary N) is 2. The Balaban J connectivity index is 1.22. The molecule has 1 atom stereocenters. The third-order valence-electron chi connectivity index (χ3n) is 6.50. The molecule has 0 aliphatic carbocycles. The van der Waals surface area contributed by atoms with E-state index in [-0.39, 0.29) is 36.7 Å². The molecule has 2 heterocycles. The van der Waals surface area contributed by atoms with Gasteiger partial charge in [-0.05, 0) is 49.7 Å². The highest BCUT2D eigenvalue weighted by molar-refractivity contribution is 6.00. The fourth-order valence-corrected chi connectivity index (χ4v) is 4.45. The molecule has 192 valence electrons. The molecule has 3 amide bonds. The minimum Gasteiger partial charge on any atom is -0.484 e. The molecule has 2 aliphatic rings. The van der Waals surface area contributed by atoms with Crippen molar-refractivity contribution in [1.29, 1.82) is 0 Å². The summed E-state index contributed by atoms with van der Waals surface area (Å²) in [6.07, 6.45) is 0.195. The molecule has 2 aromatic carbocycles. The minimum absolute atomic E-state index is 0.0788. The monoisotopic (exact) mass is 494 g/mol. The summed E-state index contributed by atoms with van der Waals surface area (Å²) < 4.78 is 10.9. The van der Waals surface area contributed by atoms with Crippen LogP contribution in [0.25, 0.3) is 0 Å². The molecule has 0 saturated carbocycles. The van der Waals surface area contributed by atoms with Crippen LogP contribution in [0.3, 0.4) is 0 Å². The summed E-state index contributed by atoms with van der Waals surface area (Å²) in [7, 11) is 0. The maximum Gasteiger partial charge on any atom is 0.262 e. The number of hydrogen-bond donors (Lipinski definition) is 2. The summed E-state index contributed by atoms with van der Waals surface area (Å²) in [6.45, 7) is 8.73. The number of rotatable bonds is 9. The van der Waals surface area contributed by atoms with Crippen LogP contribution in [0.2, 0.25) is 0 Å². The van der Waals surface area contributed by atoms with Crippen LogP contribution in [0.4, 0.5) is 11.4 Å². The van der Waals surface area contributed by atoms with Gasteiger partial charge in [-0.3, -0.25) is 19.3 Å². The predicted octanol–water partition coefficient (Wildman–Crippen LogP) is 2.12. The Labute approximate surface area is 211 Å². The number of nitrogens with zero attached hydrogens (tertiary/aromatic N) is 2. The third kappa shape index (κ3) is 6.83. The molecule has 0 bridgehead atoms. The average molecular weight is 495 g/mol. The number of amides is 3. The zero-order valence-corrected chi connectivity index (χ0v) is 20.9. The van der Waals surface area contributed by atoms with E-state index in [4.69, 9.17) is 9.47 Å². The Morgan fingerprint density at radius 3 is 2.56 bits per heavy atom. The van der Waals surface area contributed by atoms with E-state index in [0.717, 1.165) is 49.7 Å². The number of carbonyl (C=O) groups is 3. The first-order valence-corrected chi connectivity index (χ1v) is 12.4. The maximum absolute atomic E-state index is 12.6. The molecule has 4 rings (SSSR count). The van der Waals surface area contributed by atoms with Gasteiger partial charge < -0.3 is 25.0 Å². The highest BCUT2D eigenvalue weighted by atomic mass is 16.5. The zero-order chi connectivity index (χ0) is 25.5. The molecule has 2 aromatic rings. The van der Waals surface area contributed by atoms with Gasteiger partial charge in [0.05, 0.1) is 19.1 Å². The average Bonchev–Trinajstić information content (AvgIpc) is 3.27. The van der Waals surface area contributed by atoms with Crippen molar-refractivity contribution in [1.82, 2.24) is 10.2 Å². The van der Waals surface area contributed by atoms with E-state index in [2.05, 4.69) is 15.5 Å². The van der Waals surface area contributed by atoms with Crippen molar-refractivity contribution in [2.75, 3.05) is 62.8 Å². The summed E-state index contributed by atoms with van der Waals surface area (Å²) in [5, 5.41) is 5.82. The molecular weight excluding hydrogens is 460 g/mol. The number of hydrogen-bond acceptors (Lipinski definition) is 6. The lowest BCUT2D eigenvalue weighted by atomic mass is 10.1. The summed E-state index contributed by atoms with van der Waals surface area (Å²) in [6, 6.07) is 12.8. The van der Waals surface area contributed by atoms with Gasteiger partial charge in [0.2, 0.25) is 11.8 Å². The van der Waals surface area contributed by atoms with Gasteiger partial charge in [-0.15, -0.1) is 0 Å². The minimum atomic E-state index is -0.368. The Hall–Kier alpha value is -3.43. The van der Waals surface area contributed by atoms with Crippen LogP contribution in [-0.4, -0.2) is 75.2 Å². The number of aryl methyl sites for hydroxylation is 2. The summed E-state index contributed by atoms with van der Waals surface area (Å²) in [4.78, 5) is 41.3. The second-order valence-corrected chi connectivity index (χ2v) is 9.30. The van der Waals surface area contributed by atoms with Crippen molar-refractivity contribution in [2.45, 2.75) is 20.3 Å². The highest BCUT2D eigenvalue weighted by Gasteiger charge is 2.35. The molecule has 9 nitrogen and oxygen atoms in total. The van der Waals surface area contributed by atoms with Gasteiger partial charge in [-0.2, -0.15) is 0 Å². The van der Waals surface area contributed by atoms with Crippen LogP contribution < -0.4 is 20.3 Å². The van der Waals surface area contributed by atoms with Crippen LogP contribution in [0, 0.1) is 19.8 Å². The third-order valence-corrected chi connectivity index (χ3v) is 6.50. The second kappa shape index (κ2) is 12.0. The smallest absolute Gasteiger partial charge is 0.262 e. The topological polar surface area (TPSA) is 100 Å². The normalized spacial score (nSPS) is 18.2. The number of carbonyl (C=O) groups excluding carboxylic acids is 3. The van der Waals surface area contributed by atoms with Crippen molar-refractivity contribution in [3.05, 3.63) is 53.6 Å². The van der Waals surface area contributed by atoms with E-state index in [9.17, 15) is 14.4 Å². The van der Waals surface area contributed by atoms with Crippen LogP contribution in [-0.2, 0) is 19.1 Å². The molecular formula is C27H34N4O5. The van der Waals surface area contributed by atoms with Gasteiger partial charge in [0.1, 0.15) is 5.75 Å². The van der Waals surface area contributed by atoms with Gasteiger partial charge in [0.25, 0.3) is 5.91 Å². The number of ether oxygens (including phenoxy) is 2. The molecule has 2 N–H and O–H groups in total. The quantitative estimate of drug-likeness (QED) is 0.554. The molecule has 0 spiro atoms. The Kier molecular flexibility index (Phi) is 8.56. The van der Waals surface area contributed by atoms with Crippen molar-refractivity contribution in [3.63, 3.8) is 0 Å². The van der Waals surface area contributed by atoms with Crippen molar-refractivity contribution >= 4 is 29.1 Å². The van der Waals surface area contributed by atoms with E-state index in [0.29, 0.717) is 24.5 Å². The van der Waals surface area contributed by atoms with Gasteiger partial charge in [0, 0.05) is 50.5 Å². The zero-order valence-electron chi connectivity index (χ0n) is 20.9. The largest absolute Gasteiger partial charge is 0.484 e. The van der Waals surface area contributed by atoms with Gasteiger partial charge in [0.15, 0.2) is 6.61 Å². The molecule has 2 fully saturated rings. The SMILES string of the molecule is Cc1ccc(NC(=O)COc2ccc(N3C[C@@H](C(=O)NCCN4CCOCC4)CC3=O)cc2)c(C)c1. The molecule has 2 aliphatic heterocycles. The first kappa shape index (κ1) is 25.7. The molecule has 2 saturated heterocycles. The van der Waals surface area contributed by atoms with Crippen molar-refractivity contribution in [3.8, 4) is 5.75 Å². The predicted molar refractivity (Wildman–Crippen MR) is 137 cm³/mol.